The third-order valence-corrected chi connectivity index (χ3v) is 6.89. The van der Waals surface area contributed by atoms with E-state index < -0.39 is 0 Å². The molecular weight excluding hydrogens is 424 g/mol. The van der Waals surface area contributed by atoms with Crippen LogP contribution in [0.2, 0.25) is 0 Å². The second kappa shape index (κ2) is 10.3. The molecule has 32 heavy (non-hydrogen) atoms. The topological polar surface area (TPSA) is 71.7 Å². The predicted octanol–water partition coefficient (Wildman–Crippen LogP) is 4.31. The number of hydrogen-bond acceptors (Lipinski definition) is 7. The van der Waals surface area contributed by atoms with Gasteiger partial charge in [-0.3, -0.25) is 9.69 Å². The van der Waals surface area contributed by atoms with Crippen LogP contribution in [-0.4, -0.2) is 52.8 Å². The van der Waals surface area contributed by atoms with Crippen LogP contribution in [0.1, 0.15) is 45.0 Å². The molecule has 0 saturated carbocycles. The molecule has 1 aliphatic heterocycles. The molecule has 1 aromatic carbocycles. The Morgan fingerprint density at radius 2 is 2.03 bits per heavy atom. The van der Waals surface area contributed by atoms with E-state index in [1.807, 2.05) is 49.4 Å². The van der Waals surface area contributed by atoms with Gasteiger partial charge in [-0.05, 0) is 68.4 Å². The third kappa shape index (κ3) is 5.55. The molecule has 0 bridgehead atoms. The average Bonchev–Trinajstić information content (AvgIpc) is 3.40. The summed E-state index contributed by atoms with van der Waals surface area (Å²) in [6.07, 6.45) is 2.11. The molecule has 170 valence electrons. The molecule has 0 unspecified atom stereocenters. The maximum absolute atomic E-state index is 12.8. The van der Waals surface area contributed by atoms with Crippen molar-refractivity contribution < 1.29 is 14.2 Å². The number of rotatable bonds is 8. The number of aryl methyl sites for hydroxylation is 2. The van der Waals surface area contributed by atoms with Crippen molar-refractivity contribution in [3.8, 4) is 5.75 Å². The lowest BCUT2D eigenvalue weighted by molar-refractivity contribution is 0.0637. The van der Waals surface area contributed by atoms with Crippen molar-refractivity contribution in [2.24, 2.45) is 5.92 Å². The standard InChI is InChI=1S/C24H30N4O3S/c1-17-10-12-32-23(17)24(29)28-11-4-5-20(14-28)16-30-21-8-6-19(7-9-21)13-27(3)15-22-18(2)25-31-26-22/h6-10,12,20H,4-5,11,13-16H2,1-3H3/t20-/m0/s1. The van der Waals surface area contributed by atoms with Gasteiger partial charge in [-0.15, -0.1) is 11.3 Å². The smallest absolute Gasteiger partial charge is 0.264 e. The highest BCUT2D eigenvalue weighted by atomic mass is 32.1. The Labute approximate surface area is 192 Å². The van der Waals surface area contributed by atoms with E-state index in [1.165, 1.54) is 16.9 Å². The molecule has 0 N–H and O–H groups in total. The Balaban J connectivity index is 1.25. The molecule has 0 radical (unpaired) electrons. The van der Waals surface area contributed by atoms with Crippen LogP contribution < -0.4 is 4.74 Å². The number of ether oxygens (including phenoxy) is 1. The first-order valence-corrected chi connectivity index (χ1v) is 11.9. The van der Waals surface area contributed by atoms with Gasteiger partial charge in [-0.2, -0.15) is 0 Å². The van der Waals surface area contributed by atoms with E-state index in [-0.39, 0.29) is 5.91 Å². The Hall–Kier alpha value is -2.71. The molecular formula is C24H30N4O3S. The SMILES string of the molecule is Cc1ccsc1C(=O)N1CCC[C@H](COc2ccc(CN(C)Cc3nonc3C)cc2)C1. The average molecular weight is 455 g/mol. The van der Waals surface area contributed by atoms with Crippen LogP contribution in [0.4, 0.5) is 0 Å². The molecule has 1 fully saturated rings. The summed E-state index contributed by atoms with van der Waals surface area (Å²) in [7, 11) is 2.05. The molecule has 0 spiro atoms. The quantitative estimate of drug-likeness (QED) is 0.505. The number of benzene rings is 1. The zero-order chi connectivity index (χ0) is 22.5. The number of piperidine rings is 1. The highest BCUT2D eigenvalue weighted by Crippen LogP contribution is 2.24. The molecule has 2 aromatic heterocycles. The maximum atomic E-state index is 12.8. The second-order valence-electron chi connectivity index (χ2n) is 8.62. The Kier molecular flexibility index (Phi) is 7.22. The number of carbonyl (C=O) groups excluding carboxylic acids is 1. The van der Waals surface area contributed by atoms with E-state index in [9.17, 15) is 4.79 Å². The van der Waals surface area contributed by atoms with Gasteiger partial charge in [0.25, 0.3) is 5.91 Å². The number of hydrogen-bond donors (Lipinski definition) is 0. The molecule has 3 heterocycles. The third-order valence-electron chi connectivity index (χ3n) is 5.89. The van der Waals surface area contributed by atoms with Gasteiger partial charge in [0, 0.05) is 32.1 Å². The zero-order valence-corrected chi connectivity index (χ0v) is 19.7. The van der Waals surface area contributed by atoms with Gasteiger partial charge in [-0.25, -0.2) is 4.63 Å². The van der Waals surface area contributed by atoms with Crippen molar-refractivity contribution in [1.29, 1.82) is 0 Å². The molecule has 3 aromatic rings. The molecule has 8 heteroatoms. The lowest BCUT2D eigenvalue weighted by Gasteiger charge is -2.32. The summed E-state index contributed by atoms with van der Waals surface area (Å²) in [5, 5.41) is 9.76. The summed E-state index contributed by atoms with van der Waals surface area (Å²) in [6, 6.07) is 10.2. The summed E-state index contributed by atoms with van der Waals surface area (Å²) >= 11 is 1.53. The van der Waals surface area contributed by atoms with E-state index in [1.54, 1.807) is 0 Å². The van der Waals surface area contributed by atoms with Gasteiger partial charge in [0.1, 0.15) is 17.1 Å². The lowest BCUT2D eigenvalue weighted by Crippen LogP contribution is -2.41. The van der Waals surface area contributed by atoms with Crippen LogP contribution in [0.5, 0.6) is 5.75 Å². The first-order chi connectivity index (χ1) is 15.5. The normalized spacial score (nSPS) is 16.5. The van der Waals surface area contributed by atoms with Crippen molar-refractivity contribution >= 4 is 17.2 Å². The van der Waals surface area contributed by atoms with Crippen LogP contribution >= 0.6 is 11.3 Å². The van der Waals surface area contributed by atoms with Gasteiger partial charge < -0.3 is 9.64 Å². The first kappa shape index (κ1) is 22.5. The van der Waals surface area contributed by atoms with Crippen molar-refractivity contribution in [2.75, 3.05) is 26.7 Å². The zero-order valence-electron chi connectivity index (χ0n) is 18.9. The number of thiophene rings is 1. The van der Waals surface area contributed by atoms with Gasteiger partial charge in [0.15, 0.2) is 0 Å². The number of aromatic nitrogens is 2. The second-order valence-corrected chi connectivity index (χ2v) is 9.53. The summed E-state index contributed by atoms with van der Waals surface area (Å²) in [4.78, 5) is 17.8. The highest BCUT2D eigenvalue weighted by molar-refractivity contribution is 7.12. The van der Waals surface area contributed by atoms with Gasteiger partial charge >= 0.3 is 0 Å². The minimum absolute atomic E-state index is 0.160. The van der Waals surface area contributed by atoms with E-state index >= 15 is 0 Å². The number of likely N-dealkylation sites (tertiary alicyclic amines) is 1. The monoisotopic (exact) mass is 454 g/mol. The molecule has 1 aliphatic rings. The molecule has 1 saturated heterocycles. The van der Waals surface area contributed by atoms with Gasteiger partial charge in [0.2, 0.25) is 0 Å². The van der Waals surface area contributed by atoms with Crippen LogP contribution in [0.15, 0.2) is 40.3 Å². The van der Waals surface area contributed by atoms with Crippen LogP contribution in [-0.2, 0) is 13.1 Å². The van der Waals surface area contributed by atoms with E-state index in [4.69, 9.17) is 9.37 Å². The molecule has 0 aliphatic carbocycles. The number of nitrogens with zero attached hydrogens (tertiary/aromatic N) is 4. The predicted molar refractivity (Wildman–Crippen MR) is 124 cm³/mol. The maximum Gasteiger partial charge on any atom is 0.264 e. The number of amides is 1. The summed E-state index contributed by atoms with van der Waals surface area (Å²) < 4.78 is 10.8. The van der Waals surface area contributed by atoms with Crippen LogP contribution in [0, 0.1) is 19.8 Å². The Morgan fingerprint density at radius 1 is 1.22 bits per heavy atom. The lowest BCUT2D eigenvalue weighted by atomic mass is 9.98. The van der Waals surface area contributed by atoms with Crippen molar-refractivity contribution in [3.05, 3.63) is 63.1 Å². The molecule has 1 amide bonds. The Bertz CT molecular complexity index is 1030. The van der Waals surface area contributed by atoms with E-state index in [0.29, 0.717) is 19.1 Å². The van der Waals surface area contributed by atoms with Gasteiger partial charge in [0.05, 0.1) is 11.5 Å². The Morgan fingerprint density at radius 3 is 2.72 bits per heavy atom. The van der Waals surface area contributed by atoms with Crippen molar-refractivity contribution in [1.82, 2.24) is 20.1 Å². The number of carbonyl (C=O) groups is 1. The minimum atomic E-state index is 0.160. The minimum Gasteiger partial charge on any atom is -0.493 e. The summed E-state index contributed by atoms with van der Waals surface area (Å²) in [5.74, 6) is 1.39. The van der Waals surface area contributed by atoms with Crippen molar-refractivity contribution in [3.63, 3.8) is 0 Å². The fourth-order valence-electron chi connectivity index (χ4n) is 4.04. The first-order valence-electron chi connectivity index (χ1n) is 11.0. The fraction of sp³-hybridized carbons (Fsp3) is 0.458. The largest absolute Gasteiger partial charge is 0.493 e. The molecule has 7 nitrogen and oxygen atoms in total. The molecule has 4 rings (SSSR count). The summed E-state index contributed by atoms with van der Waals surface area (Å²) in [6.45, 7) is 7.61. The van der Waals surface area contributed by atoms with Crippen LogP contribution in [0.3, 0.4) is 0 Å². The van der Waals surface area contributed by atoms with E-state index in [2.05, 4.69) is 27.3 Å². The van der Waals surface area contributed by atoms with E-state index in [0.717, 1.165) is 60.1 Å². The fourth-order valence-corrected chi connectivity index (χ4v) is 4.93. The molecule has 1 atom stereocenters. The highest BCUT2D eigenvalue weighted by Gasteiger charge is 2.26. The van der Waals surface area contributed by atoms with Gasteiger partial charge in [-0.1, -0.05) is 22.4 Å². The summed E-state index contributed by atoms with van der Waals surface area (Å²) in [5.41, 5.74) is 3.96. The van der Waals surface area contributed by atoms with Crippen LogP contribution in [0.25, 0.3) is 0 Å². The van der Waals surface area contributed by atoms with Crippen molar-refractivity contribution in [2.45, 2.75) is 39.8 Å².